The van der Waals surface area contributed by atoms with Crippen LogP contribution in [0.2, 0.25) is 0 Å². The number of imidazole rings is 1. The van der Waals surface area contributed by atoms with E-state index in [0.29, 0.717) is 4.90 Å². The number of benzene rings is 2. The fraction of sp³-hybridized carbons (Fsp3) is 0.250. The van der Waals surface area contributed by atoms with Crippen molar-refractivity contribution in [1.82, 2.24) is 14.9 Å². The van der Waals surface area contributed by atoms with Crippen molar-refractivity contribution < 1.29 is 8.42 Å². The van der Waals surface area contributed by atoms with Crippen molar-refractivity contribution >= 4 is 9.84 Å². The summed E-state index contributed by atoms with van der Waals surface area (Å²) in [6, 6.07) is 16.5. The molecular weight excluding hydrogens is 346 g/mol. The summed E-state index contributed by atoms with van der Waals surface area (Å²) in [6.07, 6.45) is 2.66. The molecular formula is C20H21N3O2S. The molecule has 5 nitrogen and oxygen atoms in total. The van der Waals surface area contributed by atoms with Gasteiger partial charge in [0, 0.05) is 26.1 Å². The number of nitrogens with one attached hydrogen (secondary N) is 1. The lowest BCUT2D eigenvalue weighted by atomic mass is 10.1. The minimum Gasteiger partial charge on any atom is -0.347 e. The number of fused-ring (bicyclic) bond motifs is 1. The molecule has 2 aromatic carbocycles. The first kappa shape index (κ1) is 17.0. The van der Waals surface area contributed by atoms with Gasteiger partial charge >= 0.3 is 0 Å². The predicted octanol–water partition coefficient (Wildman–Crippen LogP) is 2.94. The van der Waals surface area contributed by atoms with Crippen molar-refractivity contribution in [3.05, 3.63) is 83.4 Å². The van der Waals surface area contributed by atoms with Crippen molar-refractivity contribution in [2.45, 2.75) is 30.2 Å². The van der Waals surface area contributed by atoms with Crippen molar-refractivity contribution in [1.29, 1.82) is 0 Å². The van der Waals surface area contributed by atoms with Crippen LogP contribution in [0.1, 0.15) is 22.5 Å². The third-order valence-electron chi connectivity index (χ3n) is 4.81. The number of hydrogen-bond acceptors (Lipinski definition) is 4. The predicted molar refractivity (Wildman–Crippen MR) is 100 cm³/mol. The molecule has 1 aliphatic rings. The normalized spacial score (nSPS) is 14.9. The van der Waals surface area contributed by atoms with Gasteiger partial charge in [-0.05, 0) is 23.3 Å². The zero-order chi connectivity index (χ0) is 18.0. The first-order valence-corrected chi connectivity index (χ1v) is 10.3. The molecule has 6 heteroatoms. The van der Waals surface area contributed by atoms with Crippen molar-refractivity contribution in [2.24, 2.45) is 0 Å². The molecule has 26 heavy (non-hydrogen) atoms. The van der Waals surface area contributed by atoms with Crippen LogP contribution in [0.3, 0.4) is 0 Å². The van der Waals surface area contributed by atoms with Gasteiger partial charge in [0.1, 0.15) is 0 Å². The topological polar surface area (TPSA) is 66.1 Å². The molecule has 0 radical (unpaired) electrons. The lowest BCUT2D eigenvalue weighted by molar-refractivity contribution is 0.241. The van der Waals surface area contributed by atoms with Crippen LogP contribution in [-0.2, 0) is 35.1 Å². The van der Waals surface area contributed by atoms with E-state index in [1.807, 2.05) is 30.3 Å². The maximum Gasteiger partial charge on any atom is 0.182 e. The van der Waals surface area contributed by atoms with Crippen LogP contribution in [0, 0.1) is 0 Å². The van der Waals surface area contributed by atoms with Crippen LogP contribution >= 0.6 is 0 Å². The van der Waals surface area contributed by atoms with Crippen molar-refractivity contribution in [3.8, 4) is 0 Å². The summed E-state index contributed by atoms with van der Waals surface area (Å²) in [6.45, 7) is 2.48. The maximum atomic E-state index is 12.7. The summed E-state index contributed by atoms with van der Waals surface area (Å²) in [5, 5.41) is 0. The largest absolute Gasteiger partial charge is 0.347 e. The van der Waals surface area contributed by atoms with Gasteiger partial charge in [-0.1, -0.05) is 42.5 Å². The Morgan fingerprint density at radius 2 is 1.73 bits per heavy atom. The van der Waals surface area contributed by atoms with E-state index in [1.54, 1.807) is 30.6 Å². The number of rotatable bonds is 5. The first-order valence-electron chi connectivity index (χ1n) is 8.70. The number of H-pyrrole nitrogens is 1. The van der Waals surface area contributed by atoms with E-state index < -0.39 is 9.84 Å². The molecule has 1 N–H and O–H groups in total. The van der Waals surface area contributed by atoms with Gasteiger partial charge in [0.05, 0.1) is 28.4 Å². The minimum absolute atomic E-state index is 0.0241. The molecule has 0 aliphatic carbocycles. The highest BCUT2D eigenvalue weighted by Gasteiger charge is 2.21. The van der Waals surface area contributed by atoms with Crippen LogP contribution in [0.5, 0.6) is 0 Å². The molecule has 0 saturated heterocycles. The highest BCUT2D eigenvalue weighted by atomic mass is 32.2. The number of aromatic nitrogens is 2. The van der Waals surface area contributed by atoms with Crippen LogP contribution in [-0.4, -0.2) is 29.8 Å². The third-order valence-corrected chi connectivity index (χ3v) is 6.50. The molecule has 2 heterocycles. The Balaban J connectivity index is 1.54. The van der Waals surface area contributed by atoms with E-state index in [1.165, 1.54) is 0 Å². The average Bonchev–Trinajstić information content (AvgIpc) is 3.12. The lowest BCUT2D eigenvalue weighted by Gasteiger charge is -2.27. The average molecular weight is 367 g/mol. The zero-order valence-corrected chi connectivity index (χ0v) is 15.2. The molecule has 0 saturated carbocycles. The van der Waals surface area contributed by atoms with Gasteiger partial charge in [0.25, 0.3) is 0 Å². The van der Waals surface area contributed by atoms with Crippen LogP contribution in [0.15, 0.2) is 65.8 Å². The fourth-order valence-corrected chi connectivity index (χ4v) is 4.84. The van der Waals surface area contributed by atoms with E-state index in [-0.39, 0.29) is 5.75 Å². The van der Waals surface area contributed by atoms with E-state index in [4.69, 9.17) is 0 Å². The van der Waals surface area contributed by atoms with Crippen molar-refractivity contribution in [2.75, 3.05) is 6.54 Å². The second-order valence-corrected chi connectivity index (χ2v) is 8.62. The number of hydrogen-bond donors (Lipinski definition) is 1. The quantitative estimate of drug-likeness (QED) is 0.753. The Labute approximate surface area is 153 Å². The lowest BCUT2D eigenvalue weighted by Crippen LogP contribution is -2.30. The second kappa shape index (κ2) is 7.05. The zero-order valence-electron chi connectivity index (χ0n) is 14.4. The molecule has 4 rings (SSSR count). The summed E-state index contributed by atoms with van der Waals surface area (Å²) in [4.78, 5) is 10.2. The van der Waals surface area contributed by atoms with Gasteiger partial charge in [-0.3, -0.25) is 4.90 Å². The molecule has 0 amide bonds. The van der Waals surface area contributed by atoms with Gasteiger partial charge < -0.3 is 4.98 Å². The van der Waals surface area contributed by atoms with E-state index in [9.17, 15) is 8.42 Å². The summed E-state index contributed by atoms with van der Waals surface area (Å²) < 4.78 is 25.5. The second-order valence-electron chi connectivity index (χ2n) is 6.63. The molecule has 134 valence electrons. The fourth-order valence-electron chi connectivity index (χ4n) is 3.41. The Morgan fingerprint density at radius 3 is 2.54 bits per heavy atom. The van der Waals surface area contributed by atoms with E-state index in [2.05, 4.69) is 14.9 Å². The highest BCUT2D eigenvalue weighted by Crippen LogP contribution is 2.22. The Morgan fingerprint density at radius 1 is 1.00 bits per heavy atom. The number of nitrogens with zero attached hydrogens (tertiary/aromatic N) is 2. The van der Waals surface area contributed by atoms with Gasteiger partial charge in [0.15, 0.2) is 9.84 Å². The van der Waals surface area contributed by atoms with Gasteiger partial charge in [0.2, 0.25) is 0 Å². The van der Waals surface area contributed by atoms with Crippen LogP contribution < -0.4 is 0 Å². The SMILES string of the molecule is O=S(=O)(Cc1ccccc1CN1CCc2nc[nH]c2C1)c1ccccc1. The van der Waals surface area contributed by atoms with Crippen LogP contribution in [0.25, 0.3) is 0 Å². The molecule has 3 aromatic rings. The molecule has 0 fully saturated rings. The van der Waals surface area contributed by atoms with Gasteiger partial charge in [-0.15, -0.1) is 0 Å². The van der Waals surface area contributed by atoms with Crippen LogP contribution in [0.4, 0.5) is 0 Å². The summed E-state index contributed by atoms with van der Waals surface area (Å²) in [7, 11) is -3.35. The molecule has 1 aromatic heterocycles. The Bertz CT molecular complexity index is 997. The Hall–Kier alpha value is -2.44. The minimum atomic E-state index is -3.35. The first-order chi connectivity index (χ1) is 12.6. The molecule has 0 atom stereocenters. The van der Waals surface area contributed by atoms with E-state index >= 15 is 0 Å². The smallest absolute Gasteiger partial charge is 0.182 e. The molecule has 0 spiro atoms. The number of sulfone groups is 1. The highest BCUT2D eigenvalue weighted by molar-refractivity contribution is 7.90. The maximum absolute atomic E-state index is 12.7. The standard InChI is InChI=1S/C20H21N3O2S/c24-26(25,18-8-2-1-3-9-18)14-17-7-5-4-6-16(17)12-23-11-10-19-20(13-23)22-15-21-19/h1-9,15H,10-14H2,(H,21,22). The molecule has 0 unspecified atom stereocenters. The summed E-state index contributed by atoms with van der Waals surface area (Å²) in [5.41, 5.74) is 4.23. The summed E-state index contributed by atoms with van der Waals surface area (Å²) in [5.74, 6) is 0.0241. The monoisotopic (exact) mass is 367 g/mol. The Kier molecular flexibility index (Phi) is 4.61. The van der Waals surface area contributed by atoms with Gasteiger partial charge in [-0.25, -0.2) is 13.4 Å². The van der Waals surface area contributed by atoms with E-state index in [0.717, 1.165) is 48.6 Å². The third kappa shape index (κ3) is 3.57. The summed E-state index contributed by atoms with van der Waals surface area (Å²) >= 11 is 0. The number of aromatic amines is 1. The molecule has 1 aliphatic heterocycles. The van der Waals surface area contributed by atoms with Crippen molar-refractivity contribution in [3.63, 3.8) is 0 Å². The van der Waals surface area contributed by atoms with Gasteiger partial charge in [-0.2, -0.15) is 0 Å². The molecule has 0 bridgehead atoms.